The van der Waals surface area contributed by atoms with E-state index in [1.54, 1.807) is 0 Å². The molecule has 0 radical (unpaired) electrons. The standard InChI is InChI=1S/C12H24N2O2/c1-2-16-8-7-12(15)14-11(9-13)10-5-3-4-6-10/h10-11H,2-9,13H2,1H3,(H,14,15). The lowest BCUT2D eigenvalue weighted by Gasteiger charge is -2.23. The molecule has 1 amide bonds. The molecule has 4 heteroatoms. The van der Waals surface area contributed by atoms with Crippen molar-refractivity contribution in [1.82, 2.24) is 5.32 Å². The van der Waals surface area contributed by atoms with Crippen LogP contribution < -0.4 is 11.1 Å². The van der Waals surface area contributed by atoms with Crippen LogP contribution in [0.1, 0.15) is 39.0 Å². The minimum atomic E-state index is 0.0656. The third-order valence-corrected chi connectivity index (χ3v) is 3.25. The predicted molar refractivity (Wildman–Crippen MR) is 64.1 cm³/mol. The molecular formula is C12H24N2O2. The Kier molecular flexibility index (Phi) is 6.42. The van der Waals surface area contributed by atoms with Gasteiger partial charge < -0.3 is 15.8 Å². The van der Waals surface area contributed by atoms with Crippen molar-refractivity contribution < 1.29 is 9.53 Å². The molecular weight excluding hydrogens is 204 g/mol. The van der Waals surface area contributed by atoms with Gasteiger partial charge in [0, 0.05) is 25.6 Å². The third kappa shape index (κ3) is 4.49. The van der Waals surface area contributed by atoms with Gasteiger partial charge in [-0.25, -0.2) is 0 Å². The van der Waals surface area contributed by atoms with Crippen LogP contribution in [-0.4, -0.2) is 31.7 Å². The van der Waals surface area contributed by atoms with Crippen molar-refractivity contribution in [2.75, 3.05) is 19.8 Å². The summed E-state index contributed by atoms with van der Waals surface area (Å²) < 4.78 is 5.15. The largest absolute Gasteiger partial charge is 0.381 e. The summed E-state index contributed by atoms with van der Waals surface area (Å²) in [6.07, 6.45) is 5.39. The summed E-state index contributed by atoms with van der Waals surface area (Å²) in [7, 11) is 0. The summed E-state index contributed by atoms with van der Waals surface area (Å²) in [5.74, 6) is 0.650. The van der Waals surface area contributed by atoms with Crippen molar-refractivity contribution in [1.29, 1.82) is 0 Å². The van der Waals surface area contributed by atoms with Crippen molar-refractivity contribution in [3.05, 3.63) is 0 Å². The maximum atomic E-state index is 11.6. The molecule has 94 valence electrons. The van der Waals surface area contributed by atoms with E-state index in [9.17, 15) is 4.79 Å². The molecule has 0 spiro atoms. The first kappa shape index (κ1) is 13.5. The fraction of sp³-hybridized carbons (Fsp3) is 0.917. The van der Waals surface area contributed by atoms with E-state index < -0.39 is 0 Å². The van der Waals surface area contributed by atoms with Gasteiger partial charge in [-0.2, -0.15) is 0 Å². The van der Waals surface area contributed by atoms with E-state index in [1.807, 2.05) is 6.92 Å². The van der Waals surface area contributed by atoms with E-state index in [4.69, 9.17) is 10.5 Å². The Bertz CT molecular complexity index is 203. The summed E-state index contributed by atoms with van der Waals surface area (Å²) in [5, 5.41) is 3.02. The quantitative estimate of drug-likeness (QED) is 0.640. The molecule has 4 nitrogen and oxygen atoms in total. The first-order valence-electron chi connectivity index (χ1n) is 6.35. The number of hydrogen-bond donors (Lipinski definition) is 2. The van der Waals surface area contributed by atoms with Crippen molar-refractivity contribution in [3.8, 4) is 0 Å². The molecule has 0 aromatic carbocycles. The number of nitrogens with two attached hydrogens (primary N) is 1. The molecule has 0 aromatic heterocycles. The predicted octanol–water partition coefficient (Wildman–Crippen LogP) is 1.05. The molecule has 1 aliphatic carbocycles. The van der Waals surface area contributed by atoms with Crippen LogP contribution in [0, 0.1) is 5.92 Å². The van der Waals surface area contributed by atoms with Gasteiger partial charge in [-0.15, -0.1) is 0 Å². The molecule has 16 heavy (non-hydrogen) atoms. The van der Waals surface area contributed by atoms with E-state index in [1.165, 1.54) is 25.7 Å². The molecule has 1 atom stereocenters. The van der Waals surface area contributed by atoms with Crippen molar-refractivity contribution in [3.63, 3.8) is 0 Å². The molecule has 0 aliphatic heterocycles. The van der Waals surface area contributed by atoms with Gasteiger partial charge in [0.1, 0.15) is 0 Å². The number of nitrogens with one attached hydrogen (secondary N) is 1. The summed E-state index contributed by atoms with van der Waals surface area (Å²) in [6.45, 7) is 3.64. The lowest BCUT2D eigenvalue weighted by molar-refractivity contribution is -0.123. The van der Waals surface area contributed by atoms with Gasteiger partial charge in [0.25, 0.3) is 0 Å². The number of amides is 1. The minimum absolute atomic E-state index is 0.0656. The highest BCUT2D eigenvalue weighted by Gasteiger charge is 2.24. The first-order chi connectivity index (χ1) is 7.77. The molecule has 0 heterocycles. The second-order valence-electron chi connectivity index (χ2n) is 4.40. The normalized spacial score (nSPS) is 18.6. The molecule has 1 rings (SSSR count). The summed E-state index contributed by atoms with van der Waals surface area (Å²) in [5.41, 5.74) is 5.71. The second-order valence-corrected chi connectivity index (χ2v) is 4.40. The zero-order valence-electron chi connectivity index (χ0n) is 10.2. The molecule has 0 aromatic rings. The van der Waals surface area contributed by atoms with Gasteiger partial charge in [0.15, 0.2) is 0 Å². The summed E-state index contributed by atoms with van der Waals surface area (Å²) in [4.78, 5) is 11.6. The summed E-state index contributed by atoms with van der Waals surface area (Å²) in [6, 6.07) is 0.164. The van der Waals surface area contributed by atoms with Gasteiger partial charge in [-0.3, -0.25) is 4.79 Å². The Morgan fingerprint density at radius 1 is 1.50 bits per heavy atom. The van der Waals surface area contributed by atoms with Crippen LogP contribution in [0.2, 0.25) is 0 Å². The lowest BCUT2D eigenvalue weighted by Crippen LogP contribution is -2.44. The number of carbonyl (C=O) groups is 1. The zero-order valence-corrected chi connectivity index (χ0v) is 10.2. The van der Waals surface area contributed by atoms with Crippen molar-refractivity contribution >= 4 is 5.91 Å². The third-order valence-electron chi connectivity index (χ3n) is 3.25. The Balaban J connectivity index is 2.23. The fourth-order valence-corrected chi connectivity index (χ4v) is 2.32. The molecule has 0 bridgehead atoms. The Morgan fingerprint density at radius 3 is 2.75 bits per heavy atom. The average Bonchev–Trinajstić information content (AvgIpc) is 2.79. The molecule has 1 fully saturated rings. The molecule has 1 saturated carbocycles. The summed E-state index contributed by atoms with van der Waals surface area (Å²) >= 11 is 0. The second kappa shape index (κ2) is 7.63. The molecule has 1 aliphatic rings. The van der Waals surface area contributed by atoms with E-state index in [0.717, 1.165) is 0 Å². The van der Waals surface area contributed by atoms with Crippen molar-refractivity contribution in [2.45, 2.75) is 45.1 Å². The number of ether oxygens (including phenoxy) is 1. The maximum Gasteiger partial charge on any atom is 0.222 e. The molecule has 1 unspecified atom stereocenters. The highest BCUT2D eigenvalue weighted by atomic mass is 16.5. The van der Waals surface area contributed by atoms with Gasteiger partial charge >= 0.3 is 0 Å². The van der Waals surface area contributed by atoms with Crippen LogP contribution in [0.4, 0.5) is 0 Å². The van der Waals surface area contributed by atoms with Gasteiger partial charge in [-0.05, 0) is 25.7 Å². The molecule has 0 saturated heterocycles. The first-order valence-corrected chi connectivity index (χ1v) is 6.35. The lowest BCUT2D eigenvalue weighted by atomic mass is 9.98. The van der Waals surface area contributed by atoms with E-state index in [-0.39, 0.29) is 11.9 Å². The van der Waals surface area contributed by atoms with Crippen LogP contribution in [0.5, 0.6) is 0 Å². The topological polar surface area (TPSA) is 64.3 Å². The van der Waals surface area contributed by atoms with Crippen LogP contribution in [0.25, 0.3) is 0 Å². The number of hydrogen-bond acceptors (Lipinski definition) is 3. The van der Waals surface area contributed by atoms with Crippen LogP contribution >= 0.6 is 0 Å². The van der Waals surface area contributed by atoms with Crippen molar-refractivity contribution in [2.24, 2.45) is 11.7 Å². The van der Waals surface area contributed by atoms with Gasteiger partial charge in [-0.1, -0.05) is 12.8 Å². The average molecular weight is 228 g/mol. The van der Waals surface area contributed by atoms with Crippen LogP contribution in [0.15, 0.2) is 0 Å². The minimum Gasteiger partial charge on any atom is -0.381 e. The molecule has 3 N–H and O–H groups in total. The monoisotopic (exact) mass is 228 g/mol. The number of carbonyl (C=O) groups excluding carboxylic acids is 1. The van der Waals surface area contributed by atoms with Crippen LogP contribution in [0.3, 0.4) is 0 Å². The Hall–Kier alpha value is -0.610. The van der Waals surface area contributed by atoms with E-state index in [0.29, 0.717) is 32.1 Å². The highest BCUT2D eigenvalue weighted by Crippen LogP contribution is 2.27. The maximum absolute atomic E-state index is 11.6. The van der Waals surface area contributed by atoms with E-state index in [2.05, 4.69) is 5.32 Å². The van der Waals surface area contributed by atoms with Gasteiger partial charge in [0.2, 0.25) is 5.91 Å². The highest BCUT2D eigenvalue weighted by molar-refractivity contribution is 5.76. The van der Waals surface area contributed by atoms with Crippen LogP contribution in [-0.2, 0) is 9.53 Å². The smallest absolute Gasteiger partial charge is 0.222 e. The van der Waals surface area contributed by atoms with Gasteiger partial charge in [0.05, 0.1) is 6.61 Å². The zero-order chi connectivity index (χ0) is 11.8. The number of rotatable bonds is 7. The SMILES string of the molecule is CCOCCC(=O)NC(CN)C1CCCC1. The Morgan fingerprint density at radius 2 is 2.19 bits per heavy atom. The van der Waals surface area contributed by atoms with E-state index >= 15 is 0 Å². The fourth-order valence-electron chi connectivity index (χ4n) is 2.32. The Labute approximate surface area is 97.9 Å².